The van der Waals surface area contributed by atoms with Crippen LogP contribution in [0.1, 0.15) is 0 Å². The molecule has 0 amide bonds. The summed E-state index contributed by atoms with van der Waals surface area (Å²) in [5.41, 5.74) is 1.83. The Hall–Kier alpha value is -3.55. The lowest BCUT2D eigenvalue weighted by molar-refractivity contribution is 0.714. The van der Waals surface area contributed by atoms with Gasteiger partial charge in [-0.3, -0.25) is 5.32 Å². The van der Waals surface area contributed by atoms with E-state index in [9.17, 15) is 0 Å². The number of hydrogen-bond acceptors (Lipinski definition) is 6. The Labute approximate surface area is 137 Å². The predicted molar refractivity (Wildman–Crippen MR) is 88.9 cm³/mol. The minimum atomic E-state index is 0.485. The van der Waals surface area contributed by atoms with Crippen LogP contribution in [0.2, 0.25) is 0 Å². The lowest BCUT2D eigenvalue weighted by Crippen LogP contribution is -2.07. The van der Waals surface area contributed by atoms with Crippen molar-refractivity contribution in [2.24, 2.45) is 7.05 Å². The molecule has 24 heavy (non-hydrogen) atoms. The highest BCUT2D eigenvalue weighted by atomic mass is 15.6. The van der Waals surface area contributed by atoms with Crippen LogP contribution in [0.15, 0.2) is 60.7 Å². The molecule has 0 aliphatic rings. The molecule has 1 N–H and O–H groups in total. The third kappa shape index (κ3) is 2.60. The van der Waals surface area contributed by atoms with Gasteiger partial charge in [0.25, 0.3) is 0 Å². The maximum Gasteiger partial charge on any atom is 0.249 e. The first-order chi connectivity index (χ1) is 11.8. The summed E-state index contributed by atoms with van der Waals surface area (Å²) in [7, 11) is 1.75. The Bertz CT molecular complexity index is 943. The van der Waals surface area contributed by atoms with Crippen molar-refractivity contribution >= 4 is 11.9 Å². The van der Waals surface area contributed by atoms with E-state index >= 15 is 0 Å². The lowest BCUT2D eigenvalue weighted by Gasteiger charge is -2.06. The molecule has 0 unspecified atom stereocenters. The zero-order valence-corrected chi connectivity index (χ0v) is 12.9. The van der Waals surface area contributed by atoms with Gasteiger partial charge < -0.3 is 0 Å². The summed E-state index contributed by atoms with van der Waals surface area (Å²) in [4.78, 5) is 4.60. The van der Waals surface area contributed by atoms with Crippen LogP contribution in [0, 0.1) is 0 Å². The SMILES string of the molecule is Cn1nnnc1Nc1nc(-c2ccccc2)nn1-c1ccccc1. The van der Waals surface area contributed by atoms with Crippen LogP contribution in [0.3, 0.4) is 0 Å². The number of rotatable bonds is 4. The largest absolute Gasteiger partial charge is 0.291 e. The first-order valence-corrected chi connectivity index (χ1v) is 7.38. The van der Waals surface area contributed by atoms with E-state index in [1.54, 1.807) is 11.7 Å². The molecule has 8 heteroatoms. The van der Waals surface area contributed by atoms with Gasteiger partial charge in [0.2, 0.25) is 11.9 Å². The summed E-state index contributed by atoms with van der Waals surface area (Å²) in [6.07, 6.45) is 0. The minimum Gasteiger partial charge on any atom is -0.291 e. The van der Waals surface area contributed by atoms with Crippen molar-refractivity contribution in [3.63, 3.8) is 0 Å². The molecular formula is C16H14N8. The molecule has 2 aromatic heterocycles. The molecule has 0 saturated carbocycles. The van der Waals surface area contributed by atoms with Gasteiger partial charge in [0, 0.05) is 12.6 Å². The van der Waals surface area contributed by atoms with Gasteiger partial charge in [0.1, 0.15) is 0 Å². The molecule has 4 rings (SSSR count). The second-order valence-electron chi connectivity index (χ2n) is 5.12. The molecule has 0 fully saturated rings. The Morgan fingerprint density at radius 2 is 1.58 bits per heavy atom. The van der Waals surface area contributed by atoms with E-state index in [1.807, 2.05) is 60.7 Å². The van der Waals surface area contributed by atoms with Crippen LogP contribution in [0.5, 0.6) is 0 Å². The highest BCUT2D eigenvalue weighted by molar-refractivity contribution is 5.59. The number of hydrogen-bond donors (Lipinski definition) is 1. The molecule has 2 heterocycles. The molecule has 0 atom stereocenters. The van der Waals surface area contributed by atoms with Crippen LogP contribution in [0.4, 0.5) is 11.9 Å². The number of para-hydroxylation sites is 1. The minimum absolute atomic E-state index is 0.485. The van der Waals surface area contributed by atoms with Crippen molar-refractivity contribution in [1.29, 1.82) is 0 Å². The molecule has 2 aromatic carbocycles. The number of anilines is 2. The van der Waals surface area contributed by atoms with Crippen molar-refractivity contribution < 1.29 is 0 Å². The normalized spacial score (nSPS) is 10.7. The van der Waals surface area contributed by atoms with E-state index in [0.717, 1.165) is 11.3 Å². The maximum absolute atomic E-state index is 4.63. The summed E-state index contributed by atoms with van der Waals surface area (Å²) in [5.74, 6) is 1.65. The Morgan fingerprint density at radius 3 is 2.25 bits per heavy atom. The summed E-state index contributed by atoms with van der Waals surface area (Å²) in [5, 5.41) is 19.1. The van der Waals surface area contributed by atoms with Crippen molar-refractivity contribution in [2.75, 3.05) is 5.32 Å². The molecule has 0 aliphatic heterocycles. The van der Waals surface area contributed by atoms with Gasteiger partial charge in [-0.2, -0.15) is 9.67 Å². The van der Waals surface area contributed by atoms with Gasteiger partial charge >= 0.3 is 0 Å². The standard InChI is InChI=1S/C16H14N8/c1-23-16(19-21-22-23)18-15-17-14(12-8-4-2-5-9-12)20-24(15)13-10-6-3-7-11-13/h2-11H,1H3,(H,17,18,19,20,22). The van der Waals surface area contributed by atoms with Crippen molar-refractivity contribution in [3.05, 3.63) is 60.7 Å². The van der Waals surface area contributed by atoms with E-state index < -0.39 is 0 Å². The predicted octanol–water partition coefficient (Wildman–Crippen LogP) is 2.20. The van der Waals surface area contributed by atoms with Crippen LogP contribution in [-0.4, -0.2) is 35.0 Å². The summed E-state index contributed by atoms with van der Waals surface area (Å²) >= 11 is 0. The van der Waals surface area contributed by atoms with E-state index in [2.05, 4.69) is 30.9 Å². The molecule has 4 aromatic rings. The van der Waals surface area contributed by atoms with E-state index in [-0.39, 0.29) is 0 Å². The molecule has 0 bridgehead atoms. The molecule has 0 radical (unpaired) electrons. The zero-order valence-electron chi connectivity index (χ0n) is 12.9. The molecular weight excluding hydrogens is 304 g/mol. The molecule has 118 valence electrons. The number of aromatic nitrogens is 7. The van der Waals surface area contributed by atoms with E-state index in [4.69, 9.17) is 0 Å². The summed E-state index contributed by atoms with van der Waals surface area (Å²) in [6.45, 7) is 0. The third-order valence-electron chi connectivity index (χ3n) is 3.48. The maximum atomic E-state index is 4.63. The van der Waals surface area contributed by atoms with Crippen molar-refractivity contribution in [2.45, 2.75) is 0 Å². The fourth-order valence-corrected chi connectivity index (χ4v) is 2.29. The third-order valence-corrected chi connectivity index (χ3v) is 3.48. The van der Waals surface area contributed by atoms with Crippen LogP contribution >= 0.6 is 0 Å². The van der Waals surface area contributed by atoms with Gasteiger partial charge in [0.05, 0.1) is 5.69 Å². The second kappa shape index (κ2) is 5.92. The molecule has 8 nitrogen and oxygen atoms in total. The fraction of sp³-hybridized carbons (Fsp3) is 0.0625. The van der Waals surface area contributed by atoms with Gasteiger partial charge in [-0.25, -0.2) is 4.68 Å². The smallest absolute Gasteiger partial charge is 0.249 e. The monoisotopic (exact) mass is 318 g/mol. The Balaban J connectivity index is 1.81. The van der Waals surface area contributed by atoms with Gasteiger partial charge in [0.15, 0.2) is 5.82 Å². The van der Waals surface area contributed by atoms with Crippen LogP contribution in [-0.2, 0) is 7.05 Å². The average Bonchev–Trinajstić information content (AvgIpc) is 3.24. The first-order valence-electron chi connectivity index (χ1n) is 7.38. The Kier molecular flexibility index (Phi) is 3.47. The molecule has 0 aliphatic carbocycles. The first kappa shape index (κ1) is 14.1. The highest BCUT2D eigenvalue weighted by Crippen LogP contribution is 2.22. The van der Waals surface area contributed by atoms with Gasteiger partial charge in [-0.05, 0) is 22.6 Å². The topological polar surface area (TPSA) is 86.3 Å². The number of nitrogens with one attached hydrogen (secondary N) is 1. The number of tetrazole rings is 1. The molecule has 0 spiro atoms. The summed E-state index contributed by atoms with van der Waals surface area (Å²) < 4.78 is 3.27. The van der Waals surface area contributed by atoms with Crippen LogP contribution in [0.25, 0.3) is 17.1 Å². The number of nitrogens with zero attached hydrogens (tertiary/aromatic N) is 7. The van der Waals surface area contributed by atoms with Crippen molar-refractivity contribution in [1.82, 2.24) is 35.0 Å². The fourth-order valence-electron chi connectivity index (χ4n) is 2.29. The van der Waals surface area contributed by atoms with Crippen LogP contribution < -0.4 is 5.32 Å². The number of aryl methyl sites for hydroxylation is 1. The zero-order chi connectivity index (χ0) is 16.4. The second-order valence-corrected chi connectivity index (χ2v) is 5.12. The van der Waals surface area contributed by atoms with Gasteiger partial charge in [-0.1, -0.05) is 53.6 Å². The lowest BCUT2D eigenvalue weighted by atomic mass is 10.2. The van der Waals surface area contributed by atoms with E-state index in [0.29, 0.717) is 17.7 Å². The van der Waals surface area contributed by atoms with E-state index in [1.165, 1.54) is 4.68 Å². The quantitative estimate of drug-likeness (QED) is 0.621. The summed E-state index contributed by atoms with van der Waals surface area (Å²) in [6, 6.07) is 19.6. The number of benzene rings is 2. The van der Waals surface area contributed by atoms with Gasteiger partial charge in [-0.15, -0.1) is 5.10 Å². The highest BCUT2D eigenvalue weighted by Gasteiger charge is 2.15. The molecule has 0 saturated heterocycles. The van der Waals surface area contributed by atoms with Crippen molar-refractivity contribution in [3.8, 4) is 17.1 Å². The Morgan fingerprint density at radius 1 is 0.875 bits per heavy atom. The average molecular weight is 318 g/mol.